The quantitative estimate of drug-likeness (QED) is 0.445. The van der Waals surface area contributed by atoms with Crippen molar-refractivity contribution in [1.29, 1.82) is 0 Å². The Balaban J connectivity index is -0.0000000150. The number of rotatable bonds is 0. The van der Waals surface area contributed by atoms with Gasteiger partial charge in [-0.15, -0.1) is 0 Å². The van der Waals surface area contributed by atoms with Gasteiger partial charge >= 0.3 is 28.4 Å². The zero-order chi connectivity index (χ0) is 3.58. The number of hydrogen-bond acceptors (Lipinski definition) is 0. The van der Waals surface area contributed by atoms with E-state index in [4.69, 9.17) is 0 Å². The van der Waals surface area contributed by atoms with Gasteiger partial charge in [0.1, 0.15) is 0 Å². The van der Waals surface area contributed by atoms with Crippen LogP contribution in [-0.4, -0.2) is 16.4 Å². The van der Waals surface area contributed by atoms with Crippen molar-refractivity contribution in [3.63, 3.8) is 0 Å². The molecule has 6 N–H and O–H groups in total. The summed E-state index contributed by atoms with van der Waals surface area (Å²) in [4.78, 5) is 0. The van der Waals surface area contributed by atoms with Gasteiger partial charge in [0.15, 0.2) is 0 Å². The van der Waals surface area contributed by atoms with Crippen LogP contribution in [-0.2, 0) is 18.9 Å². The zero-order valence-corrected chi connectivity index (χ0v) is 5.05. The van der Waals surface area contributed by atoms with Gasteiger partial charge in [-0.1, -0.05) is 0 Å². The summed E-state index contributed by atoms with van der Waals surface area (Å²) in [7, 11) is 0. The molecule has 0 saturated carbocycles. The summed E-state index contributed by atoms with van der Waals surface area (Å²) in [5, 5.41) is 0. The summed E-state index contributed by atoms with van der Waals surface area (Å²) in [6, 6.07) is 0. The van der Waals surface area contributed by atoms with Crippen LogP contribution in [0.25, 0.3) is 0 Å². The maximum absolute atomic E-state index is 9.84. The van der Waals surface area contributed by atoms with Gasteiger partial charge in [-0.25, -0.2) is 0 Å². The second-order valence-corrected chi connectivity index (χ2v) is 1.04. The predicted octanol–water partition coefficient (Wildman–Crippen LogP) is -1.22. The van der Waals surface area contributed by atoms with E-state index in [2.05, 4.69) is 0 Å². The van der Waals surface area contributed by atoms with Gasteiger partial charge in [-0.05, 0) is 0 Å². The van der Waals surface area contributed by atoms with Crippen LogP contribution in [0.3, 0.4) is 0 Å². The molecule has 0 rings (SSSR count). The summed E-state index contributed by atoms with van der Waals surface area (Å²) < 4.78 is 29.5. The van der Waals surface area contributed by atoms with Gasteiger partial charge < -0.3 is 16.4 Å². The van der Waals surface area contributed by atoms with Crippen molar-refractivity contribution in [1.82, 2.24) is 0 Å². The van der Waals surface area contributed by atoms with Crippen LogP contribution >= 0.6 is 0 Å². The zero-order valence-electron chi connectivity index (χ0n) is 3.04. The first-order valence-electron chi connectivity index (χ1n) is 0.463. The van der Waals surface area contributed by atoms with E-state index in [1.165, 1.54) is 0 Å². The van der Waals surface area contributed by atoms with Crippen LogP contribution in [0.4, 0.5) is 9.47 Å². The van der Waals surface area contributed by atoms with Crippen molar-refractivity contribution in [3.05, 3.63) is 0 Å². The monoisotopic (exact) mass is 209 g/mol. The Kier molecular flexibility index (Phi) is 61.0. The molecule has 0 spiro atoms. The summed E-state index contributed by atoms with van der Waals surface area (Å²) >= 11 is -4.86. The molecule has 0 radical (unpaired) electrons. The van der Waals surface area contributed by atoms with Crippen LogP contribution in [0.15, 0.2) is 0 Å². The van der Waals surface area contributed by atoms with Crippen LogP contribution in [0.1, 0.15) is 0 Å². The minimum absolute atomic E-state index is 0. The molecule has 7 heavy (non-hydrogen) atoms. The predicted molar refractivity (Wildman–Crippen MR) is 14.2 cm³/mol. The van der Waals surface area contributed by atoms with E-state index in [9.17, 15) is 9.47 Å². The standard InChI is InChI=1S/3FH.Mo.3H2O/h3*1H;;3*1H2/q;;;+3;;;/p-3. The Bertz CT molecular complexity index is 14.9. The summed E-state index contributed by atoms with van der Waals surface area (Å²) in [6.07, 6.45) is 0. The van der Waals surface area contributed by atoms with Gasteiger partial charge in [0.25, 0.3) is 0 Å². The van der Waals surface area contributed by atoms with Crippen molar-refractivity contribution < 1.29 is 44.8 Å². The van der Waals surface area contributed by atoms with E-state index in [1.807, 2.05) is 0 Å². The van der Waals surface area contributed by atoms with Crippen molar-refractivity contribution in [2.75, 3.05) is 0 Å². The fraction of sp³-hybridized carbons (Fsp3) is 0. The van der Waals surface area contributed by atoms with Crippen LogP contribution in [0, 0.1) is 0 Å². The SMILES string of the molecule is O.O.O.[F][Mo]([F])[F]. The molecular weight excluding hydrogens is 201 g/mol. The first-order chi connectivity index (χ1) is 1.73. The third-order valence-corrected chi connectivity index (χ3v) is 0. The van der Waals surface area contributed by atoms with Crippen LogP contribution in [0.5, 0.6) is 0 Å². The van der Waals surface area contributed by atoms with Gasteiger partial charge in [-0.3, -0.25) is 0 Å². The summed E-state index contributed by atoms with van der Waals surface area (Å²) in [5.41, 5.74) is 0. The first-order valence-corrected chi connectivity index (χ1v) is 2.74. The van der Waals surface area contributed by atoms with Gasteiger partial charge in [0, 0.05) is 0 Å². The molecule has 0 aliphatic rings. The van der Waals surface area contributed by atoms with Crippen molar-refractivity contribution in [2.45, 2.75) is 0 Å². The average molecular weight is 207 g/mol. The molecule has 0 atom stereocenters. The molecule has 0 amide bonds. The minimum atomic E-state index is -4.86. The molecule has 0 bridgehead atoms. The van der Waals surface area contributed by atoms with E-state index < -0.39 is 18.9 Å². The number of hydrogen-bond donors (Lipinski definition) is 0. The molecule has 0 heterocycles. The molecule has 0 unspecified atom stereocenters. The molecule has 0 aromatic carbocycles. The van der Waals surface area contributed by atoms with Crippen molar-refractivity contribution in [3.8, 4) is 0 Å². The van der Waals surface area contributed by atoms with E-state index in [1.54, 1.807) is 0 Å². The van der Waals surface area contributed by atoms with E-state index in [0.29, 0.717) is 0 Å². The first kappa shape index (κ1) is 26.4. The molecule has 0 saturated heterocycles. The van der Waals surface area contributed by atoms with Crippen molar-refractivity contribution in [2.24, 2.45) is 0 Å². The Morgan fingerprint density at radius 3 is 0.714 bits per heavy atom. The third-order valence-electron chi connectivity index (χ3n) is 0. The Morgan fingerprint density at radius 1 is 0.714 bits per heavy atom. The fourth-order valence-corrected chi connectivity index (χ4v) is 0. The second kappa shape index (κ2) is 16.2. The summed E-state index contributed by atoms with van der Waals surface area (Å²) in [6.45, 7) is 0. The van der Waals surface area contributed by atoms with E-state index in [-0.39, 0.29) is 16.4 Å². The van der Waals surface area contributed by atoms with Crippen LogP contribution in [0.2, 0.25) is 0 Å². The molecule has 3 nitrogen and oxygen atoms in total. The topological polar surface area (TPSA) is 94.5 Å². The maximum atomic E-state index is 9.84. The molecule has 51 valence electrons. The Morgan fingerprint density at radius 2 is 0.714 bits per heavy atom. The molecule has 0 aliphatic heterocycles. The molecule has 0 aromatic rings. The molecule has 7 heteroatoms. The van der Waals surface area contributed by atoms with Crippen LogP contribution < -0.4 is 0 Å². The Labute approximate surface area is 45.6 Å². The van der Waals surface area contributed by atoms with Gasteiger partial charge in [-0.2, -0.15) is 0 Å². The van der Waals surface area contributed by atoms with E-state index in [0.717, 1.165) is 0 Å². The van der Waals surface area contributed by atoms with Gasteiger partial charge in [0.2, 0.25) is 0 Å². The summed E-state index contributed by atoms with van der Waals surface area (Å²) in [5.74, 6) is 0. The third kappa shape index (κ3) is 941. The fourth-order valence-electron chi connectivity index (χ4n) is 0. The Hall–Kier alpha value is 0.358. The number of halogens is 3. The molecule has 0 aliphatic carbocycles. The molecule has 0 fully saturated rings. The molecular formula is H6F3MoO3. The molecule has 0 aromatic heterocycles. The normalized spacial score (nSPS) is 5.14. The second-order valence-electron chi connectivity index (χ2n) is 0.175. The van der Waals surface area contributed by atoms with Gasteiger partial charge in [0.05, 0.1) is 0 Å². The van der Waals surface area contributed by atoms with Crippen molar-refractivity contribution >= 4 is 0 Å². The average Bonchev–Trinajstić information content (AvgIpc) is 0.811. The van der Waals surface area contributed by atoms with E-state index >= 15 is 0 Å².